The topological polar surface area (TPSA) is 49.8 Å². The van der Waals surface area contributed by atoms with Gasteiger partial charge in [-0.25, -0.2) is 9.97 Å². The van der Waals surface area contributed by atoms with Crippen LogP contribution in [0, 0.1) is 0 Å². The first kappa shape index (κ1) is 19.2. The zero-order chi connectivity index (χ0) is 19.1. The molecule has 0 saturated carbocycles. The van der Waals surface area contributed by atoms with E-state index in [0.29, 0.717) is 12.6 Å². The minimum atomic E-state index is -0.0372. The molecule has 0 amide bonds. The molecule has 2 aromatic carbocycles. The Kier molecular flexibility index (Phi) is 6.32. The lowest BCUT2D eigenvalue weighted by atomic mass is 10.0. The summed E-state index contributed by atoms with van der Waals surface area (Å²) < 4.78 is 0. The monoisotopic (exact) mass is 360 g/mol. The average Bonchev–Trinajstić information content (AvgIpc) is 2.69. The molecule has 0 spiro atoms. The van der Waals surface area contributed by atoms with Crippen LogP contribution in [-0.2, 0) is 6.54 Å². The minimum Gasteiger partial charge on any atom is -0.309 e. The van der Waals surface area contributed by atoms with Crippen molar-refractivity contribution in [1.29, 1.82) is 0 Å². The molecule has 0 radical (unpaired) electrons. The Balaban J connectivity index is 1.54. The summed E-state index contributed by atoms with van der Waals surface area (Å²) in [5.41, 5.74) is 3.30. The molecule has 0 bridgehead atoms. The Morgan fingerprint density at radius 2 is 1.59 bits per heavy atom. The fourth-order valence-corrected chi connectivity index (χ4v) is 3.19. The molecule has 4 nitrogen and oxygen atoms in total. The van der Waals surface area contributed by atoms with Gasteiger partial charge in [-0.3, -0.25) is 0 Å². The van der Waals surface area contributed by atoms with E-state index in [1.165, 1.54) is 5.56 Å². The molecular weight excluding hydrogens is 332 g/mol. The maximum Gasteiger partial charge on any atom is 0.159 e. The van der Waals surface area contributed by atoms with Gasteiger partial charge in [0.05, 0.1) is 5.69 Å². The van der Waals surface area contributed by atoms with E-state index in [9.17, 15) is 0 Å². The van der Waals surface area contributed by atoms with Gasteiger partial charge in [0, 0.05) is 36.4 Å². The van der Waals surface area contributed by atoms with Gasteiger partial charge < -0.3 is 10.6 Å². The molecule has 0 aliphatic carbocycles. The summed E-state index contributed by atoms with van der Waals surface area (Å²) in [6.45, 7) is 8.19. The molecule has 27 heavy (non-hydrogen) atoms. The van der Waals surface area contributed by atoms with Gasteiger partial charge in [0.2, 0.25) is 0 Å². The molecule has 0 aliphatic rings. The van der Waals surface area contributed by atoms with Crippen LogP contribution in [0.3, 0.4) is 0 Å². The zero-order valence-electron chi connectivity index (χ0n) is 16.3. The van der Waals surface area contributed by atoms with E-state index < -0.39 is 0 Å². The molecule has 4 heteroatoms. The van der Waals surface area contributed by atoms with Crippen LogP contribution in [0.25, 0.3) is 11.4 Å². The van der Waals surface area contributed by atoms with E-state index in [1.807, 2.05) is 48.7 Å². The number of hydrogen-bond acceptors (Lipinski definition) is 4. The fraction of sp³-hybridized carbons (Fsp3) is 0.304. The second-order valence-corrected chi connectivity index (χ2v) is 7.50. The van der Waals surface area contributed by atoms with Crippen molar-refractivity contribution in [2.24, 2.45) is 0 Å². The third-order valence-corrected chi connectivity index (χ3v) is 4.53. The van der Waals surface area contributed by atoms with Crippen LogP contribution in [-0.4, -0.2) is 22.1 Å². The van der Waals surface area contributed by atoms with Crippen molar-refractivity contribution < 1.29 is 0 Å². The number of nitrogens with one attached hydrogen (secondary N) is 2. The lowest BCUT2D eigenvalue weighted by Gasteiger charge is -2.31. The molecule has 2 N–H and O–H groups in total. The Hall–Kier alpha value is -2.56. The van der Waals surface area contributed by atoms with Gasteiger partial charge in [-0.15, -0.1) is 0 Å². The van der Waals surface area contributed by atoms with Crippen molar-refractivity contribution in [3.05, 3.63) is 84.2 Å². The second kappa shape index (κ2) is 8.89. The molecule has 3 aromatic rings. The van der Waals surface area contributed by atoms with Gasteiger partial charge in [-0.1, -0.05) is 60.7 Å². The SMILES string of the molecule is CC(NC(C)(C)CNCc1ccnc(-c2ccccc2)n1)c1ccccc1. The van der Waals surface area contributed by atoms with Crippen LogP contribution in [0.1, 0.15) is 38.1 Å². The van der Waals surface area contributed by atoms with E-state index in [2.05, 4.69) is 65.6 Å². The van der Waals surface area contributed by atoms with Crippen molar-refractivity contribution in [2.45, 2.75) is 38.9 Å². The summed E-state index contributed by atoms with van der Waals surface area (Å²) in [5, 5.41) is 7.23. The van der Waals surface area contributed by atoms with Crippen LogP contribution in [0.15, 0.2) is 72.9 Å². The third-order valence-electron chi connectivity index (χ3n) is 4.53. The van der Waals surface area contributed by atoms with Gasteiger partial charge >= 0.3 is 0 Å². The molecular formula is C23H28N4. The maximum atomic E-state index is 4.68. The fourth-order valence-electron chi connectivity index (χ4n) is 3.19. The van der Waals surface area contributed by atoms with Gasteiger partial charge in [0.25, 0.3) is 0 Å². The van der Waals surface area contributed by atoms with Crippen molar-refractivity contribution >= 4 is 0 Å². The van der Waals surface area contributed by atoms with Gasteiger partial charge in [0.1, 0.15) is 0 Å². The number of aromatic nitrogens is 2. The Labute approximate surface area is 162 Å². The number of benzene rings is 2. The first-order chi connectivity index (χ1) is 13.0. The van der Waals surface area contributed by atoms with Crippen molar-refractivity contribution in [3.63, 3.8) is 0 Å². The predicted molar refractivity (Wildman–Crippen MR) is 111 cm³/mol. The highest BCUT2D eigenvalue weighted by molar-refractivity contribution is 5.54. The van der Waals surface area contributed by atoms with Gasteiger partial charge in [-0.05, 0) is 32.4 Å². The molecule has 1 atom stereocenters. The highest BCUT2D eigenvalue weighted by Gasteiger charge is 2.20. The molecule has 0 fully saturated rings. The molecule has 3 rings (SSSR count). The van der Waals surface area contributed by atoms with Crippen LogP contribution in [0.4, 0.5) is 0 Å². The Bertz CT molecular complexity index is 831. The first-order valence-electron chi connectivity index (χ1n) is 9.44. The van der Waals surface area contributed by atoms with Crippen LogP contribution in [0.5, 0.6) is 0 Å². The molecule has 1 aromatic heterocycles. The lowest BCUT2D eigenvalue weighted by molar-refractivity contribution is 0.329. The zero-order valence-corrected chi connectivity index (χ0v) is 16.3. The van der Waals surface area contributed by atoms with E-state index in [4.69, 9.17) is 0 Å². The summed E-state index contributed by atoms with van der Waals surface area (Å²) in [6.07, 6.45) is 1.83. The van der Waals surface area contributed by atoms with Crippen molar-refractivity contribution in [3.8, 4) is 11.4 Å². The molecule has 1 unspecified atom stereocenters. The van der Waals surface area contributed by atoms with Gasteiger partial charge in [-0.2, -0.15) is 0 Å². The maximum absolute atomic E-state index is 4.68. The summed E-state index contributed by atoms with van der Waals surface area (Å²) in [6, 6.07) is 22.9. The quantitative estimate of drug-likeness (QED) is 0.626. The standard InChI is InChI=1S/C23H28N4/c1-18(19-10-6-4-7-11-19)27-23(2,3)17-24-16-21-14-15-25-22(26-21)20-12-8-5-9-13-20/h4-15,18,24,27H,16-17H2,1-3H3. The Morgan fingerprint density at radius 3 is 2.30 bits per heavy atom. The molecule has 0 saturated heterocycles. The van der Waals surface area contributed by atoms with E-state index in [1.54, 1.807) is 0 Å². The largest absolute Gasteiger partial charge is 0.309 e. The number of nitrogens with zero attached hydrogens (tertiary/aromatic N) is 2. The average molecular weight is 361 g/mol. The third kappa shape index (κ3) is 5.71. The first-order valence-corrected chi connectivity index (χ1v) is 9.44. The predicted octanol–water partition coefficient (Wildman–Crippen LogP) is 4.36. The summed E-state index contributed by atoms with van der Waals surface area (Å²) >= 11 is 0. The van der Waals surface area contributed by atoms with Crippen LogP contribution < -0.4 is 10.6 Å². The number of rotatable bonds is 8. The van der Waals surface area contributed by atoms with E-state index in [-0.39, 0.29) is 5.54 Å². The van der Waals surface area contributed by atoms with Crippen molar-refractivity contribution in [2.75, 3.05) is 6.54 Å². The van der Waals surface area contributed by atoms with Crippen molar-refractivity contribution in [1.82, 2.24) is 20.6 Å². The molecule has 1 heterocycles. The smallest absolute Gasteiger partial charge is 0.159 e. The van der Waals surface area contributed by atoms with E-state index >= 15 is 0 Å². The highest BCUT2D eigenvalue weighted by Crippen LogP contribution is 2.16. The van der Waals surface area contributed by atoms with Crippen LogP contribution >= 0.6 is 0 Å². The minimum absolute atomic E-state index is 0.0372. The van der Waals surface area contributed by atoms with Crippen LogP contribution in [0.2, 0.25) is 0 Å². The summed E-state index contributed by atoms with van der Waals surface area (Å²) in [4.78, 5) is 9.07. The molecule has 140 valence electrons. The van der Waals surface area contributed by atoms with E-state index in [0.717, 1.165) is 23.6 Å². The van der Waals surface area contributed by atoms with Gasteiger partial charge in [0.15, 0.2) is 5.82 Å². The summed E-state index contributed by atoms with van der Waals surface area (Å²) in [5.74, 6) is 0.769. The molecule has 0 aliphatic heterocycles. The number of hydrogen-bond donors (Lipinski definition) is 2. The second-order valence-electron chi connectivity index (χ2n) is 7.50. The lowest BCUT2D eigenvalue weighted by Crippen LogP contribution is -2.48. The summed E-state index contributed by atoms with van der Waals surface area (Å²) in [7, 11) is 0. The normalized spacial score (nSPS) is 12.7. The highest BCUT2D eigenvalue weighted by atomic mass is 15.0. The Morgan fingerprint density at radius 1 is 0.926 bits per heavy atom.